The normalized spacial score (nSPS) is 17.4. The highest BCUT2D eigenvalue weighted by Crippen LogP contribution is 2.25. The van der Waals surface area contributed by atoms with Crippen LogP contribution in [0.1, 0.15) is 24.5 Å². The molecule has 0 saturated carbocycles. The van der Waals surface area contributed by atoms with Gasteiger partial charge in [-0.2, -0.15) is 0 Å². The maximum absolute atomic E-state index is 12.1. The molecule has 94 valence electrons. The first-order valence-corrected chi connectivity index (χ1v) is 5.94. The van der Waals surface area contributed by atoms with Crippen LogP contribution in [0.2, 0.25) is 0 Å². The predicted molar refractivity (Wildman–Crippen MR) is 63.6 cm³/mol. The molecule has 0 spiro atoms. The molecule has 2 N–H and O–H groups in total. The molecule has 1 aliphatic rings. The maximum atomic E-state index is 12.1. The van der Waals surface area contributed by atoms with Gasteiger partial charge in [0, 0.05) is 23.5 Å². The van der Waals surface area contributed by atoms with Gasteiger partial charge in [-0.05, 0) is 38.1 Å². The molecule has 0 bridgehead atoms. The van der Waals surface area contributed by atoms with Gasteiger partial charge in [0.05, 0.1) is 6.54 Å². The van der Waals surface area contributed by atoms with Crippen LogP contribution in [0.25, 0.3) is 0 Å². The van der Waals surface area contributed by atoms with Crippen LogP contribution in [0.5, 0.6) is 0 Å². The number of anilines is 1. The van der Waals surface area contributed by atoms with E-state index in [0.717, 1.165) is 37.3 Å². The fourth-order valence-corrected chi connectivity index (χ4v) is 2.09. The summed E-state index contributed by atoms with van der Waals surface area (Å²) >= 11 is 0. The average Bonchev–Trinajstić information content (AvgIpc) is 2.38. The average molecular weight is 241 g/mol. The Labute approximate surface area is 99.6 Å². The molecule has 1 saturated heterocycles. The number of pyridine rings is 1. The number of nitrogens with one attached hydrogen (secondary N) is 2. The van der Waals surface area contributed by atoms with Crippen LogP contribution in [0.15, 0.2) is 18.3 Å². The fourth-order valence-electron chi connectivity index (χ4n) is 2.09. The summed E-state index contributed by atoms with van der Waals surface area (Å²) in [5.41, 5.74) is 1.74. The zero-order valence-corrected chi connectivity index (χ0v) is 9.63. The topological polar surface area (TPSA) is 37.0 Å². The van der Waals surface area contributed by atoms with Crippen molar-refractivity contribution in [2.24, 2.45) is 0 Å². The van der Waals surface area contributed by atoms with E-state index < -0.39 is 6.43 Å². The van der Waals surface area contributed by atoms with Crippen molar-refractivity contribution in [3.8, 4) is 0 Å². The first-order valence-electron chi connectivity index (χ1n) is 5.94. The van der Waals surface area contributed by atoms with E-state index in [1.54, 1.807) is 12.3 Å². The van der Waals surface area contributed by atoms with Crippen molar-refractivity contribution >= 4 is 5.69 Å². The third-order valence-corrected chi connectivity index (χ3v) is 3.00. The van der Waals surface area contributed by atoms with Crippen molar-refractivity contribution in [2.45, 2.75) is 25.2 Å². The Bertz CT molecular complexity index is 351. The Morgan fingerprint density at radius 2 is 2.18 bits per heavy atom. The maximum Gasteiger partial charge on any atom is 0.255 e. The molecule has 0 aliphatic carbocycles. The van der Waals surface area contributed by atoms with Crippen LogP contribution in [-0.2, 0) is 0 Å². The van der Waals surface area contributed by atoms with E-state index in [2.05, 4.69) is 15.6 Å². The number of nitrogens with zero attached hydrogens (tertiary/aromatic N) is 1. The molecule has 2 rings (SSSR count). The number of aromatic nitrogens is 1. The SMILES string of the molecule is FC(F)CNc1ccnc(C2CCNCC2)c1. The molecular weight excluding hydrogens is 224 g/mol. The molecule has 1 aromatic rings. The van der Waals surface area contributed by atoms with Gasteiger partial charge in [0.25, 0.3) is 6.43 Å². The van der Waals surface area contributed by atoms with Crippen LogP contribution in [0, 0.1) is 0 Å². The third kappa shape index (κ3) is 3.63. The van der Waals surface area contributed by atoms with Crippen molar-refractivity contribution in [1.29, 1.82) is 0 Å². The smallest absolute Gasteiger partial charge is 0.255 e. The molecule has 0 aromatic carbocycles. The van der Waals surface area contributed by atoms with Gasteiger partial charge in [-0.1, -0.05) is 0 Å². The van der Waals surface area contributed by atoms with Crippen molar-refractivity contribution in [1.82, 2.24) is 10.3 Å². The van der Waals surface area contributed by atoms with Crippen molar-refractivity contribution < 1.29 is 8.78 Å². The molecule has 1 fully saturated rings. The summed E-state index contributed by atoms with van der Waals surface area (Å²) in [6, 6.07) is 3.62. The minimum atomic E-state index is -2.33. The molecule has 1 aliphatic heterocycles. The Hall–Kier alpha value is -1.23. The minimum absolute atomic E-state index is 0.310. The lowest BCUT2D eigenvalue weighted by atomic mass is 9.94. The number of piperidine rings is 1. The standard InChI is InChI=1S/C12H17F2N3/c13-12(14)8-17-10-3-6-16-11(7-10)9-1-4-15-5-2-9/h3,6-7,9,12,15H,1-2,4-5,8H2,(H,16,17). The second-order valence-electron chi connectivity index (χ2n) is 4.27. The largest absolute Gasteiger partial charge is 0.379 e. The molecule has 17 heavy (non-hydrogen) atoms. The van der Waals surface area contributed by atoms with Crippen molar-refractivity contribution in [2.75, 3.05) is 25.0 Å². The highest BCUT2D eigenvalue weighted by atomic mass is 19.3. The zero-order valence-electron chi connectivity index (χ0n) is 9.63. The van der Waals surface area contributed by atoms with E-state index in [-0.39, 0.29) is 6.54 Å². The Morgan fingerprint density at radius 3 is 2.88 bits per heavy atom. The van der Waals surface area contributed by atoms with Crippen molar-refractivity contribution in [3.63, 3.8) is 0 Å². The highest BCUT2D eigenvalue weighted by molar-refractivity contribution is 5.44. The van der Waals surface area contributed by atoms with E-state index in [1.165, 1.54) is 0 Å². The van der Waals surface area contributed by atoms with Gasteiger partial charge in [-0.15, -0.1) is 0 Å². The number of hydrogen-bond donors (Lipinski definition) is 2. The van der Waals surface area contributed by atoms with Crippen molar-refractivity contribution in [3.05, 3.63) is 24.0 Å². The molecule has 1 aromatic heterocycles. The fraction of sp³-hybridized carbons (Fsp3) is 0.583. The van der Waals surface area contributed by atoms with E-state index in [9.17, 15) is 8.78 Å². The molecule has 3 nitrogen and oxygen atoms in total. The Kier molecular flexibility index (Phi) is 4.25. The summed E-state index contributed by atoms with van der Waals surface area (Å²) in [5.74, 6) is 0.449. The molecule has 2 heterocycles. The second-order valence-corrected chi connectivity index (χ2v) is 4.27. The number of halogens is 2. The quantitative estimate of drug-likeness (QED) is 0.848. The molecule has 0 atom stereocenters. The van der Waals surface area contributed by atoms with Crippen LogP contribution >= 0.6 is 0 Å². The van der Waals surface area contributed by atoms with Crippen LogP contribution in [0.3, 0.4) is 0 Å². The predicted octanol–water partition coefficient (Wildman–Crippen LogP) is 2.23. The van der Waals surface area contributed by atoms with Gasteiger partial charge < -0.3 is 10.6 Å². The second kappa shape index (κ2) is 5.91. The summed E-state index contributed by atoms with van der Waals surface area (Å²) in [4.78, 5) is 4.33. The summed E-state index contributed by atoms with van der Waals surface area (Å²) in [7, 11) is 0. The van der Waals surface area contributed by atoms with Gasteiger partial charge in [-0.3, -0.25) is 4.98 Å². The lowest BCUT2D eigenvalue weighted by molar-refractivity contribution is 0.163. The Morgan fingerprint density at radius 1 is 1.41 bits per heavy atom. The monoisotopic (exact) mass is 241 g/mol. The zero-order chi connectivity index (χ0) is 12.1. The number of alkyl halides is 2. The van der Waals surface area contributed by atoms with Crippen LogP contribution in [0.4, 0.5) is 14.5 Å². The summed E-state index contributed by atoms with van der Waals surface area (Å²) < 4.78 is 24.2. The number of rotatable bonds is 4. The summed E-state index contributed by atoms with van der Waals surface area (Å²) in [6.45, 7) is 1.69. The molecule has 0 amide bonds. The molecule has 0 radical (unpaired) electrons. The Balaban J connectivity index is 2.00. The lowest BCUT2D eigenvalue weighted by Gasteiger charge is -2.22. The molecule has 0 unspecified atom stereocenters. The van der Waals surface area contributed by atoms with Gasteiger partial charge in [0.2, 0.25) is 0 Å². The third-order valence-electron chi connectivity index (χ3n) is 3.00. The summed E-state index contributed by atoms with van der Waals surface area (Å²) in [6.07, 6.45) is 1.48. The van der Waals surface area contributed by atoms with Gasteiger partial charge in [0.15, 0.2) is 0 Å². The van der Waals surface area contributed by atoms with Gasteiger partial charge in [0.1, 0.15) is 0 Å². The highest BCUT2D eigenvalue weighted by Gasteiger charge is 2.16. The van der Waals surface area contributed by atoms with E-state index in [1.807, 2.05) is 6.07 Å². The first kappa shape index (κ1) is 12.2. The van der Waals surface area contributed by atoms with E-state index in [4.69, 9.17) is 0 Å². The van der Waals surface area contributed by atoms with E-state index in [0.29, 0.717) is 5.92 Å². The first-order chi connectivity index (χ1) is 8.25. The summed E-state index contributed by atoms with van der Waals surface area (Å²) in [5, 5.41) is 6.01. The minimum Gasteiger partial charge on any atom is -0.379 e. The molecular formula is C12H17F2N3. The van der Waals surface area contributed by atoms with E-state index >= 15 is 0 Å². The molecule has 5 heteroatoms. The number of hydrogen-bond acceptors (Lipinski definition) is 3. The lowest BCUT2D eigenvalue weighted by Crippen LogP contribution is -2.27. The van der Waals surface area contributed by atoms with Gasteiger partial charge in [-0.25, -0.2) is 8.78 Å². The van der Waals surface area contributed by atoms with Crippen LogP contribution < -0.4 is 10.6 Å². The van der Waals surface area contributed by atoms with Crippen LogP contribution in [-0.4, -0.2) is 31.0 Å². The van der Waals surface area contributed by atoms with Gasteiger partial charge >= 0.3 is 0 Å².